The number of hydrogen-bond donors (Lipinski definition) is 1. The van der Waals surface area contributed by atoms with Crippen LogP contribution >= 0.6 is 0 Å². The minimum atomic E-state index is -3.29. The molecule has 2 unspecified atom stereocenters. The molecule has 3 rings (SSSR count). The van der Waals surface area contributed by atoms with E-state index < -0.39 is 72.2 Å². The van der Waals surface area contributed by atoms with Gasteiger partial charge in [-0.3, -0.25) is 5.32 Å². The van der Waals surface area contributed by atoms with Crippen LogP contribution in [-0.2, 0) is 44.6 Å². The predicted molar refractivity (Wildman–Crippen MR) is 174 cm³/mol. The van der Waals surface area contributed by atoms with Crippen LogP contribution in [0.4, 0.5) is 18.4 Å². The number of nitrogens with one attached hydrogen (secondary N) is 1. The van der Waals surface area contributed by atoms with E-state index in [2.05, 4.69) is 39.2 Å². The zero-order valence-electron chi connectivity index (χ0n) is 29.3. The lowest BCUT2D eigenvalue weighted by Gasteiger charge is -2.42. The van der Waals surface area contributed by atoms with Crippen molar-refractivity contribution in [1.82, 2.24) is 5.32 Å². The van der Waals surface area contributed by atoms with Crippen LogP contribution < -0.4 is 5.32 Å². The van der Waals surface area contributed by atoms with Gasteiger partial charge in [0.1, 0.15) is 25.1 Å². The number of alkyl halides is 1. The Hall–Kier alpha value is -4.00. The maximum atomic E-state index is 17.6. The van der Waals surface area contributed by atoms with Crippen molar-refractivity contribution >= 4 is 24.2 Å². The SMILES string of the molecule is C=CCOC(=O)N[C@@]1(C(=O)OC(C)OC(=O)O[C@H]2C[C@@H](C)C(C)(C)C2(C)CC)[C@H](OCc2ccc(F)cc2)C[C@H](C)[C@]1(F)C(=O)OCC=C. The normalized spacial score (nSPS) is 30.8. The van der Waals surface area contributed by atoms with E-state index in [-0.39, 0.29) is 36.4 Å². The second-order valence-corrected chi connectivity index (χ2v) is 13.6. The molecular formula is C36H49F2NO10. The first kappa shape index (κ1) is 39.4. The largest absolute Gasteiger partial charge is 0.511 e. The Morgan fingerprint density at radius 3 is 2.12 bits per heavy atom. The number of benzene rings is 1. The predicted octanol–water partition coefficient (Wildman–Crippen LogP) is 6.73. The summed E-state index contributed by atoms with van der Waals surface area (Å²) in [5.74, 6) is -4.58. The highest BCUT2D eigenvalue weighted by atomic mass is 19.1. The van der Waals surface area contributed by atoms with Gasteiger partial charge in [0.2, 0.25) is 17.5 Å². The first-order valence-electron chi connectivity index (χ1n) is 16.4. The fraction of sp³-hybridized carbons (Fsp3) is 0.611. The molecule has 13 heteroatoms. The number of alkyl carbamates (subject to hydrolysis) is 1. The number of amides is 1. The molecule has 272 valence electrons. The number of carbonyl (C=O) groups is 4. The van der Waals surface area contributed by atoms with Crippen LogP contribution in [0, 0.1) is 28.5 Å². The first-order chi connectivity index (χ1) is 22.9. The Labute approximate surface area is 286 Å². The number of rotatable bonds is 14. The average Bonchev–Trinajstić information content (AvgIpc) is 3.36. The van der Waals surface area contributed by atoms with E-state index in [1.165, 1.54) is 50.3 Å². The maximum absolute atomic E-state index is 17.6. The van der Waals surface area contributed by atoms with Crippen molar-refractivity contribution in [2.75, 3.05) is 13.2 Å². The molecule has 8 atom stereocenters. The van der Waals surface area contributed by atoms with Crippen molar-refractivity contribution < 1.29 is 56.4 Å². The first-order valence-corrected chi connectivity index (χ1v) is 16.4. The summed E-state index contributed by atoms with van der Waals surface area (Å²) in [5, 5.41) is 2.21. The van der Waals surface area contributed by atoms with Crippen LogP contribution in [0.25, 0.3) is 0 Å². The van der Waals surface area contributed by atoms with Gasteiger partial charge in [0.05, 0.1) is 12.7 Å². The molecule has 2 aliphatic rings. The summed E-state index contributed by atoms with van der Waals surface area (Å²) in [4.78, 5) is 53.8. The van der Waals surface area contributed by atoms with Crippen molar-refractivity contribution in [3.8, 4) is 0 Å². The minimum Gasteiger partial charge on any atom is -0.459 e. The second kappa shape index (κ2) is 15.7. The van der Waals surface area contributed by atoms with E-state index in [1.54, 1.807) is 0 Å². The van der Waals surface area contributed by atoms with Crippen LogP contribution in [0.2, 0.25) is 0 Å². The third kappa shape index (κ3) is 7.61. The van der Waals surface area contributed by atoms with E-state index in [9.17, 15) is 23.6 Å². The molecule has 0 heterocycles. The molecular weight excluding hydrogens is 644 g/mol. The van der Waals surface area contributed by atoms with Gasteiger partial charge < -0.3 is 28.4 Å². The fourth-order valence-electron chi connectivity index (χ4n) is 6.95. The molecule has 2 fully saturated rings. The molecule has 0 aromatic heterocycles. The standard InChI is InChI=1S/C36H49F2NO10/c1-10-17-44-29(40)35(38)23(5)20-28(46-21-25-13-15-26(37)16-14-25)36(35,39-31(42)45-18-11-2)30(41)47-24(6)48-32(43)49-27-19-22(4)33(7,8)34(27,9)12-3/h10-11,13-16,22-24,27-28H,1-2,12,17-21H2,3-9H3,(H,39,42)/t22-,23+,24?,27+,28-,34?,35+,36-/m1/s1. The molecule has 1 aromatic carbocycles. The fourth-order valence-corrected chi connectivity index (χ4v) is 6.95. The lowest BCUT2D eigenvalue weighted by Crippen LogP contribution is -2.73. The Morgan fingerprint density at radius 2 is 1.53 bits per heavy atom. The molecule has 11 nitrogen and oxygen atoms in total. The Kier molecular flexibility index (Phi) is 12.6. The smallest absolute Gasteiger partial charge is 0.459 e. The van der Waals surface area contributed by atoms with Gasteiger partial charge in [-0.25, -0.2) is 28.0 Å². The molecule has 0 radical (unpaired) electrons. The molecule has 0 spiro atoms. The van der Waals surface area contributed by atoms with E-state index in [1.807, 2.05) is 13.8 Å². The molecule has 1 aromatic rings. The van der Waals surface area contributed by atoms with Crippen LogP contribution in [-0.4, -0.2) is 67.1 Å². The summed E-state index contributed by atoms with van der Waals surface area (Å²) in [6.45, 7) is 18.8. The van der Waals surface area contributed by atoms with Crippen LogP contribution in [0.15, 0.2) is 49.6 Å². The zero-order chi connectivity index (χ0) is 36.8. The number of halogens is 2. The molecule has 0 bridgehead atoms. The van der Waals surface area contributed by atoms with Crippen molar-refractivity contribution in [3.63, 3.8) is 0 Å². The van der Waals surface area contributed by atoms with Gasteiger partial charge in [-0.15, -0.1) is 0 Å². The Bertz CT molecular complexity index is 1390. The zero-order valence-corrected chi connectivity index (χ0v) is 29.3. The average molecular weight is 694 g/mol. The van der Waals surface area contributed by atoms with Crippen LogP contribution in [0.3, 0.4) is 0 Å². The minimum absolute atomic E-state index is 0.157. The van der Waals surface area contributed by atoms with Gasteiger partial charge in [0, 0.05) is 18.3 Å². The molecule has 2 saturated carbocycles. The van der Waals surface area contributed by atoms with Gasteiger partial charge in [-0.05, 0) is 48.3 Å². The third-order valence-electron chi connectivity index (χ3n) is 10.7. The molecule has 49 heavy (non-hydrogen) atoms. The number of carbonyl (C=O) groups excluding carboxylic acids is 4. The van der Waals surface area contributed by atoms with Gasteiger partial charge in [0.25, 0.3) is 0 Å². The monoisotopic (exact) mass is 693 g/mol. The lowest BCUT2D eigenvalue weighted by atomic mass is 9.64. The quantitative estimate of drug-likeness (QED) is 0.0967. The van der Waals surface area contributed by atoms with Crippen LogP contribution in [0.5, 0.6) is 0 Å². The number of ether oxygens (including phenoxy) is 6. The van der Waals surface area contributed by atoms with Gasteiger partial charge in [-0.2, -0.15) is 0 Å². The van der Waals surface area contributed by atoms with E-state index in [0.717, 1.165) is 6.42 Å². The molecule has 2 aliphatic carbocycles. The molecule has 0 aliphatic heterocycles. The van der Waals surface area contributed by atoms with Crippen molar-refractivity contribution in [3.05, 3.63) is 61.0 Å². The van der Waals surface area contributed by atoms with Gasteiger partial charge in [0.15, 0.2) is 0 Å². The Morgan fingerprint density at radius 1 is 0.939 bits per heavy atom. The van der Waals surface area contributed by atoms with Gasteiger partial charge >= 0.3 is 24.2 Å². The van der Waals surface area contributed by atoms with E-state index in [0.29, 0.717) is 12.0 Å². The van der Waals surface area contributed by atoms with Crippen LogP contribution in [0.1, 0.15) is 73.3 Å². The maximum Gasteiger partial charge on any atom is 0.511 e. The van der Waals surface area contributed by atoms with Crippen molar-refractivity contribution in [2.45, 2.75) is 104 Å². The lowest BCUT2D eigenvalue weighted by molar-refractivity contribution is -0.197. The highest BCUT2D eigenvalue weighted by Gasteiger charge is 2.76. The molecule has 1 amide bonds. The summed E-state index contributed by atoms with van der Waals surface area (Å²) >= 11 is 0. The number of esters is 2. The second-order valence-electron chi connectivity index (χ2n) is 13.6. The highest BCUT2D eigenvalue weighted by Crippen LogP contribution is 2.58. The Balaban J connectivity index is 1.97. The summed E-state index contributed by atoms with van der Waals surface area (Å²) < 4.78 is 63.7. The summed E-state index contributed by atoms with van der Waals surface area (Å²) in [6, 6.07) is 5.20. The third-order valence-corrected chi connectivity index (χ3v) is 10.7. The van der Waals surface area contributed by atoms with E-state index >= 15 is 4.39 Å². The van der Waals surface area contributed by atoms with Crippen molar-refractivity contribution in [2.24, 2.45) is 22.7 Å². The van der Waals surface area contributed by atoms with Crippen molar-refractivity contribution in [1.29, 1.82) is 0 Å². The topological polar surface area (TPSA) is 136 Å². The summed E-state index contributed by atoms with van der Waals surface area (Å²) in [7, 11) is 0. The molecule has 1 N–H and O–H groups in total. The summed E-state index contributed by atoms with van der Waals surface area (Å²) in [6.07, 6.45) is -2.70. The number of hydrogen-bond acceptors (Lipinski definition) is 10. The molecule has 0 saturated heterocycles. The highest BCUT2D eigenvalue weighted by molar-refractivity contribution is 5.98. The summed E-state index contributed by atoms with van der Waals surface area (Å²) in [5.41, 5.74) is -6.30. The van der Waals surface area contributed by atoms with E-state index in [4.69, 9.17) is 28.4 Å². The van der Waals surface area contributed by atoms with Gasteiger partial charge in [-0.1, -0.05) is 79.0 Å².